The summed E-state index contributed by atoms with van der Waals surface area (Å²) >= 11 is 3.12. The lowest BCUT2D eigenvalue weighted by atomic mass is 10.2. The summed E-state index contributed by atoms with van der Waals surface area (Å²) in [6.07, 6.45) is 0. The molecule has 0 unspecified atom stereocenters. The van der Waals surface area contributed by atoms with Crippen LogP contribution in [0.4, 0.5) is 6.01 Å². The first-order valence-electron chi connectivity index (χ1n) is 6.68. The first-order chi connectivity index (χ1) is 10.8. The Hall–Kier alpha value is -2.12. The van der Waals surface area contributed by atoms with Gasteiger partial charge in [0.15, 0.2) is 0 Å². The summed E-state index contributed by atoms with van der Waals surface area (Å²) in [7, 11) is 0. The second kappa shape index (κ2) is 6.76. The third-order valence-electron chi connectivity index (χ3n) is 2.81. The molecule has 0 radical (unpaired) electrons. The monoisotopic (exact) mass is 331 g/mol. The Balaban J connectivity index is 1.77. The molecule has 1 amide bonds. The number of carbonyl (C=O) groups is 1. The van der Waals surface area contributed by atoms with Gasteiger partial charge in [0, 0.05) is 4.90 Å². The summed E-state index contributed by atoms with van der Waals surface area (Å²) in [5.41, 5.74) is 0.602. The smallest absolute Gasteiger partial charge is 0.322 e. The van der Waals surface area contributed by atoms with Crippen LogP contribution in [-0.4, -0.2) is 21.9 Å². The molecule has 22 heavy (non-hydrogen) atoms. The maximum Gasteiger partial charge on any atom is 0.322 e. The average Bonchev–Trinajstić information content (AvgIpc) is 3.19. The topological polar surface area (TPSA) is 68.0 Å². The van der Waals surface area contributed by atoms with Crippen LogP contribution < -0.4 is 5.32 Å². The summed E-state index contributed by atoms with van der Waals surface area (Å²) in [6, 6.07) is 11.3. The molecule has 0 saturated heterocycles. The summed E-state index contributed by atoms with van der Waals surface area (Å²) < 4.78 is 5.47. The van der Waals surface area contributed by atoms with Gasteiger partial charge in [0.2, 0.25) is 0 Å². The van der Waals surface area contributed by atoms with E-state index < -0.39 is 0 Å². The molecule has 5 nitrogen and oxygen atoms in total. The molecule has 0 aliphatic heterocycles. The average molecular weight is 331 g/mol. The lowest BCUT2D eigenvalue weighted by molar-refractivity contribution is 0.102. The Morgan fingerprint density at radius 2 is 2.14 bits per heavy atom. The predicted molar refractivity (Wildman–Crippen MR) is 88.4 cm³/mol. The van der Waals surface area contributed by atoms with Gasteiger partial charge in [0.05, 0.1) is 10.4 Å². The van der Waals surface area contributed by atoms with Crippen LogP contribution in [0.2, 0.25) is 0 Å². The Morgan fingerprint density at radius 3 is 2.91 bits per heavy atom. The highest BCUT2D eigenvalue weighted by Crippen LogP contribution is 2.26. The van der Waals surface area contributed by atoms with Crippen molar-refractivity contribution in [3.05, 3.63) is 47.3 Å². The Kier molecular flexibility index (Phi) is 4.55. The second-order valence-corrected chi connectivity index (χ2v) is 6.53. The fourth-order valence-corrected chi connectivity index (χ4v) is 3.32. The molecule has 1 aromatic carbocycles. The van der Waals surface area contributed by atoms with E-state index in [4.69, 9.17) is 4.42 Å². The van der Waals surface area contributed by atoms with Gasteiger partial charge in [0.1, 0.15) is 0 Å². The molecule has 0 bridgehead atoms. The fourth-order valence-electron chi connectivity index (χ4n) is 1.87. The van der Waals surface area contributed by atoms with E-state index in [9.17, 15) is 4.79 Å². The van der Waals surface area contributed by atoms with Crippen molar-refractivity contribution < 1.29 is 9.21 Å². The zero-order valence-electron chi connectivity index (χ0n) is 11.8. The van der Waals surface area contributed by atoms with Crippen LogP contribution in [-0.2, 0) is 0 Å². The maximum atomic E-state index is 12.4. The number of hydrogen-bond acceptors (Lipinski definition) is 6. The molecule has 0 spiro atoms. The highest BCUT2D eigenvalue weighted by atomic mass is 32.2. The highest BCUT2D eigenvalue weighted by Gasteiger charge is 2.15. The molecule has 2 aromatic heterocycles. The minimum atomic E-state index is -0.252. The van der Waals surface area contributed by atoms with E-state index in [0.29, 0.717) is 11.5 Å². The number of rotatable bonds is 5. The van der Waals surface area contributed by atoms with Crippen molar-refractivity contribution in [2.45, 2.75) is 11.8 Å². The third-order valence-corrected chi connectivity index (χ3v) is 4.62. The van der Waals surface area contributed by atoms with Crippen molar-refractivity contribution in [3.8, 4) is 10.8 Å². The summed E-state index contributed by atoms with van der Waals surface area (Å²) in [6.45, 7) is 2.05. The number of aromatic nitrogens is 2. The van der Waals surface area contributed by atoms with E-state index in [2.05, 4.69) is 15.5 Å². The van der Waals surface area contributed by atoms with Crippen LogP contribution in [0.1, 0.15) is 17.3 Å². The number of nitrogens with zero attached hydrogens (tertiary/aromatic N) is 2. The number of amides is 1. The van der Waals surface area contributed by atoms with Crippen molar-refractivity contribution in [1.82, 2.24) is 10.2 Å². The van der Waals surface area contributed by atoms with Gasteiger partial charge < -0.3 is 4.42 Å². The van der Waals surface area contributed by atoms with Crippen LogP contribution in [0, 0.1) is 0 Å². The van der Waals surface area contributed by atoms with Gasteiger partial charge in [-0.15, -0.1) is 28.2 Å². The summed E-state index contributed by atoms with van der Waals surface area (Å²) in [5.74, 6) is 1.05. The lowest BCUT2D eigenvalue weighted by Gasteiger charge is -2.06. The lowest BCUT2D eigenvalue weighted by Crippen LogP contribution is -2.13. The number of nitrogens with one attached hydrogen (secondary N) is 1. The largest absolute Gasteiger partial charge is 0.402 e. The quantitative estimate of drug-likeness (QED) is 0.711. The van der Waals surface area contributed by atoms with Crippen molar-refractivity contribution in [2.24, 2.45) is 0 Å². The van der Waals surface area contributed by atoms with E-state index in [0.717, 1.165) is 15.5 Å². The molecule has 7 heteroatoms. The molecule has 0 aliphatic carbocycles. The molecule has 0 atom stereocenters. The molecule has 0 aliphatic rings. The van der Waals surface area contributed by atoms with Gasteiger partial charge in [-0.1, -0.05) is 30.2 Å². The minimum absolute atomic E-state index is 0.102. The van der Waals surface area contributed by atoms with E-state index in [-0.39, 0.29) is 11.9 Å². The van der Waals surface area contributed by atoms with E-state index in [1.165, 1.54) is 11.3 Å². The molecule has 3 aromatic rings. The Bertz CT molecular complexity index is 769. The highest BCUT2D eigenvalue weighted by molar-refractivity contribution is 7.99. The molecular weight excluding hydrogens is 318 g/mol. The number of carbonyl (C=O) groups excluding carboxylic acids is 1. The number of thioether (sulfide) groups is 1. The van der Waals surface area contributed by atoms with Gasteiger partial charge in [-0.25, -0.2) is 0 Å². The second-order valence-electron chi connectivity index (χ2n) is 4.27. The third kappa shape index (κ3) is 3.20. The fraction of sp³-hybridized carbons (Fsp3) is 0.133. The number of thiophene rings is 1. The normalized spacial score (nSPS) is 10.6. The van der Waals surface area contributed by atoms with E-state index >= 15 is 0 Å². The first-order valence-corrected chi connectivity index (χ1v) is 8.55. The van der Waals surface area contributed by atoms with Crippen LogP contribution >= 0.6 is 23.1 Å². The zero-order chi connectivity index (χ0) is 15.4. The predicted octanol–water partition coefficient (Wildman–Crippen LogP) is 4.16. The van der Waals surface area contributed by atoms with Gasteiger partial charge in [-0.3, -0.25) is 10.1 Å². The number of hydrogen-bond donors (Lipinski definition) is 1. The van der Waals surface area contributed by atoms with Crippen molar-refractivity contribution in [1.29, 1.82) is 0 Å². The molecule has 0 saturated carbocycles. The molecule has 0 fully saturated rings. The van der Waals surface area contributed by atoms with Crippen molar-refractivity contribution in [2.75, 3.05) is 11.1 Å². The molecule has 112 valence electrons. The molecule has 1 N–H and O–H groups in total. The van der Waals surface area contributed by atoms with Crippen LogP contribution in [0.15, 0.2) is 51.1 Å². The summed E-state index contributed by atoms with van der Waals surface area (Å²) in [4.78, 5) is 14.2. The number of benzene rings is 1. The standard InChI is InChI=1S/C15H13N3O2S2/c1-2-21-11-7-4-3-6-10(11)13(19)16-15-18-17-14(20-15)12-8-5-9-22-12/h3-9H,2H2,1H3,(H,16,18,19). The Morgan fingerprint density at radius 1 is 1.27 bits per heavy atom. The van der Waals surface area contributed by atoms with Crippen molar-refractivity contribution in [3.63, 3.8) is 0 Å². The molecule has 2 heterocycles. The SMILES string of the molecule is CCSc1ccccc1C(=O)Nc1nnc(-c2cccs2)o1. The van der Waals surface area contributed by atoms with Gasteiger partial charge in [0.25, 0.3) is 11.8 Å². The number of anilines is 1. The maximum absolute atomic E-state index is 12.4. The van der Waals surface area contributed by atoms with Crippen LogP contribution in [0.5, 0.6) is 0 Å². The molecular formula is C15H13N3O2S2. The van der Waals surface area contributed by atoms with Gasteiger partial charge in [-0.2, -0.15) is 0 Å². The Labute approximate surface area is 135 Å². The van der Waals surface area contributed by atoms with Crippen molar-refractivity contribution >= 4 is 35.0 Å². The zero-order valence-corrected chi connectivity index (χ0v) is 13.4. The first kappa shape index (κ1) is 14.8. The van der Waals surface area contributed by atoms with E-state index in [1.54, 1.807) is 17.8 Å². The van der Waals surface area contributed by atoms with Crippen LogP contribution in [0.3, 0.4) is 0 Å². The van der Waals surface area contributed by atoms with E-state index in [1.807, 2.05) is 42.6 Å². The molecule has 3 rings (SSSR count). The minimum Gasteiger partial charge on any atom is -0.402 e. The van der Waals surface area contributed by atoms with Gasteiger partial charge in [-0.05, 0) is 29.3 Å². The van der Waals surface area contributed by atoms with Crippen LogP contribution in [0.25, 0.3) is 10.8 Å². The summed E-state index contributed by atoms with van der Waals surface area (Å²) in [5, 5.41) is 12.4. The van der Waals surface area contributed by atoms with Gasteiger partial charge >= 0.3 is 6.01 Å².